The molecule has 0 bridgehead atoms. The van der Waals surface area contributed by atoms with Crippen LogP contribution in [-0.2, 0) is 5.60 Å². The first-order chi connectivity index (χ1) is 14.1. The van der Waals surface area contributed by atoms with Crippen molar-refractivity contribution in [1.82, 2.24) is 0 Å². The molecule has 1 N–H and O–H groups in total. The van der Waals surface area contributed by atoms with Crippen molar-refractivity contribution in [2.45, 2.75) is 78.0 Å². The first kappa shape index (κ1) is 24.1. The molecule has 4 heteroatoms. The van der Waals surface area contributed by atoms with Gasteiger partial charge >= 0.3 is 0 Å². The van der Waals surface area contributed by atoms with Crippen molar-refractivity contribution in [2.75, 3.05) is 0 Å². The number of hydrogen-bond donors (Lipinski definition) is 1. The summed E-state index contributed by atoms with van der Waals surface area (Å²) in [4.78, 5) is 0. The molecule has 0 aliphatic carbocycles. The average molecular weight is 425 g/mol. The van der Waals surface area contributed by atoms with Crippen molar-refractivity contribution >= 4 is 8.07 Å². The third kappa shape index (κ3) is 6.39. The summed E-state index contributed by atoms with van der Waals surface area (Å²) < 4.78 is 12.3. The molecular weight excluding hydrogens is 388 g/mol. The van der Waals surface area contributed by atoms with E-state index in [-0.39, 0.29) is 12.2 Å². The Morgan fingerprint density at radius 1 is 0.933 bits per heavy atom. The molecule has 0 heterocycles. The highest BCUT2D eigenvalue weighted by atomic mass is 28.3. The van der Waals surface area contributed by atoms with Crippen LogP contribution in [0.25, 0.3) is 0 Å². The number of benzene rings is 2. The van der Waals surface area contributed by atoms with Gasteiger partial charge in [0.15, 0.2) is 5.60 Å². The van der Waals surface area contributed by atoms with Crippen LogP contribution in [-0.4, -0.2) is 25.4 Å². The normalized spacial score (nSPS) is 15.3. The maximum absolute atomic E-state index is 11.9. The Morgan fingerprint density at radius 3 is 2.10 bits per heavy atom. The third-order valence-electron chi connectivity index (χ3n) is 4.97. The molecular formula is C26H36O3Si. The molecule has 30 heavy (non-hydrogen) atoms. The highest BCUT2D eigenvalue weighted by molar-refractivity contribution is 6.83. The fourth-order valence-electron chi connectivity index (χ4n) is 2.84. The van der Waals surface area contributed by atoms with E-state index in [4.69, 9.17) is 9.47 Å². The van der Waals surface area contributed by atoms with Gasteiger partial charge in [0, 0.05) is 17.2 Å². The Morgan fingerprint density at radius 2 is 1.53 bits per heavy atom. The molecule has 3 atom stereocenters. The van der Waals surface area contributed by atoms with Gasteiger partial charge in [-0.1, -0.05) is 69.7 Å². The summed E-state index contributed by atoms with van der Waals surface area (Å²) in [6.45, 7) is 14.8. The van der Waals surface area contributed by atoms with Gasteiger partial charge in [0.1, 0.15) is 19.6 Å². The lowest BCUT2D eigenvalue weighted by molar-refractivity contribution is 0.133. The standard InChI is InChI=1S/C26H36O3Si/c1-8-20(3)28-23-15-16-24(25(19-23)29-21(4)9-2)26(27,17-18-30(5,6)7)22-13-11-10-12-14-22/h10-16,19-21,27H,8-9H2,1-7H3. The zero-order valence-corrected chi connectivity index (χ0v) is 20.5. The van der Waals surface area contributed by atoms with E-state index in [1.54, 1.807) is 0 Å². The van der Waals surface area contributed by atoms with E-state index in [0.717, 1.165) is 24.2 Å². The summed E-state index contributed by atoms with van der Waals surface area (Å²) in [7, 11) is -1.71. The van der Waals surface area contributed by atoms with Gasteiger partial charge in [0.2, 0.25) is 0 Å². The lowest BCUT2D eigenvalue weighted by atomic mass is 9.86. The monoisotopic (exact) mass is 424 g/mol. The molecule has 0 fully saturated rings. The first-order valence-corrected chi connectivity index (χ1v) is 14.4. The summed E-state index contributed by atoms with van der Waals surface area (Å²) in [6, 6.07) is 15.3. The second-order valence-electron chi connectivity index (χ2n) is 8.91. The number of hydrogen-bond acceptors (Lipinski definition) is 3. The number of aliphatic hydroxyl groups is 1. The number of ether oxygens (including phenoxy) is 2. The van der Waals surface area contributed by atoms with Crippen molar-refractivity contribution in [3.63, 3.8) is 0 Å². The van der Waals surface area contributed by atoms with E-state index in [0.29, 0.717) is 11.3 Å². The molecule has 0 spiro atoms. The molecule has 0 saturated carbocycles. The average Bonchev–Trinajstić information content (AvgIpc) is 2.72. The van der Waals surface area contributed by atoms with Crippen molar-refractivity contribution in [2.24, 2.45) is 0 Å². The Labute approximate surface area is 183 Å². The number of rotatable bonds is 8. The molecule has 3 nitrogen and oxygen atoms in total. The van der Waals surface area contributed by atoms with Crippen LogP contribution in [0.4, 0.5) is 0 Å². The third-order valence-corrected chi connectivity index (χ3v) is 5.84. The second-order valence-corrected chi connectivity index (χ2v) is 13.7. The summed E-state index contributed by atoms with van der Waals surface area (Å²) in [5.41, 5.74) is 3.29. The van der Waals surface area contributed by atoms with E-state index in [2.05, 4.69) is 45.0 Å². The van der Waals surface area contributed by atoms with Crippen LogP contribution in [0.2, 0.25) is 19.6 Å². The van der Waals surface area contributed by atoms with Gasteiger partial charge in [-0.15, -0.1) is 5.54 Å². The maximum Gasteiger partial charge on any atom is 0.179 e. The lowest BCUT2D eigenvalue weighted by Gasteiger charge is -2.28. The fraction of sp³-hybridized carbons (Fsp3) is 0.462. The smallest absolute Gasteiger partial charge is 0.179 e. The van der Waals surface area contributed by atoms with E-state index in [1.165, 1.54) is 0 Å². The Kier molecular flexibility index (Phi) is 8.17. The SMILES string of the molecule is CCC(C)Oc1ccc(C(O)(C#C[Si](C)(C)C)c2ccccc2)c(OC(C)CC)c1. The van der Waals surface area contributed by atoms with Gasteiger partial charge in [-0.3, -0.25) is 0 Å². The van der Waals surface area contributed by atoms with Crippen molar-refractivity contribution in [3.8, 4) is 23.0 Å². The topological polar surface area (TPSA) is 38.7 Å². The lowest BCUT2D eigenvalue weighted by Crippen LogP contribution is -2.29. The largest absolute Gasteiger partial charge is 0.491 e. The minimum absolute atomic E-state index is 0.00701. The molecule has 2 aromatic rings. The fourth-order valence-corrected chi connectivity index (χ4v) is 3.40. The minimum Gasteiger partial charge on any atom is -0.491 e. The van der Waals surface area contributed by atoms with Crippen LogP contribution < -0.4 is 9.47 Å². The highest BCUT2D eigenvalue weighted by Crippen LogP contribution is 2.38. The van der Waals surface area contributed by atoms with Crippen LogP contribution >= 0.6 is 0 Å². The molecule has 0 amide bonds. The molecule has 0 aromatic heterocycles. The Hall–Kier alpha value is -2.22. The predicted octanol–water partition coefficient (Wildman–Crippen LogP) is 6.16. The summed E-state index contributed by atoms with van der Waals surface area (Å²) in [5, 5.41) is 11.9. The van der Waals surface area contributed by atoms with Crippen LogP contribution in [0.5, 0.6) is 11.5 Å². The van der Waals surface area contributed by atoms with Crippen molar-refractivity contribution in [1.29, 1.82) is 0 Å². The summed E-state index contributed by atoms with van der Waals surface area (Å²) >= 11 is 0. The predicted molar refractivity (Wildman–Crippen MR) is 128 cm³/mol. The van der Waals surface area contributed by atoms with Gasteiger partial charge in [0.25, 0.3) is 0 Å². The van der Waals surface area contributed by atoms with E-state index in [9.17, 15) is 5.11 Å². The van der Waals surface area contributed by atoms with Gasteiger partial charge in [-0.2, -0.15) is 0 Å². The molecule has 0 saturated heterocycles. The molecule has 2 aromatic carbocycles. The van der Waals surface area contributed by atoms with E-state index >= 15 is 0 Å². The van der Waals surface area contributed by atoms with Gasteiger partial charge in [-0.25, -0.2) is 0 Å². The molecule has 2 rings (SSSR count). The molecule has 0 radical (unpaired) electrons. The molecule has 3 unspecified atom stereocenters. The molecule has 0 aliphatic heterocycles. The zero-order chi connectivity index (χ0) is 22.4. The van der Waals surface area contributed by atoms with Gasteiger partial charge in [-0.05, 0) is 38.8 Å². The quantitative estimate of drug-likeness (QED) is 0.407. The van der Waals surface area contributed by atoms with Crippen LogP contribution in [0.15, 0.2) is 48.5 Å². The van der Waals surface area contributed by atoms with Crippen molar-refractivity contribution in [3.05, 3.63) is 59.7 Å². The summed E-state index contributed by atoms with van der Waals surface area (Å²) in [6.07, 6.45) is 1.89. The first-order valence-electron chi connectivity index (χ1n) is 10.9. The van der Waals surface area contributed by atoms with Crippen LogP contribution in [0.3, 0.4) is 0 Å². The highest BCUT2D eigenvalue weighted by Gasteiger charge is 2.34. The summed E-state index contributed by atoms with van der Waals surface area (Å²) in [5.74, 6) is 4.57. The minimum atomic E-state index is -1.71. The van der Waals surface area contributed by atoms with Crippen LogP contribution in [0.1, 0.15) is 51.7 Å². The molecule has 0 aliphatic rings. The van der Waals surface area contributed by atoms with Crippen LogP contribution in [0, 0.1) is 11.5 Å². The van der Waals surface area contributed by atoms with E-state index in [1.807, 2.05) is 62.4 Å². The molecule has 162 valence electrons. The van der Waals surface area contributed by atoms with Crippen molar-refractivity contribution < 1.29 is 14.6 Å². The maximum atomic E-state index is 11.9. The Balaban J connectivity index is 2.67. The Bertz CT molecular complexity index is 877. The van der Waals surface area contributed by atoms with E-state index < -0.39 is 13.7 Å². The van der Waals surface area contributed by atoms with Gasteiger partial charge in [0.05, 0.1) is 12.2 Å². The second kappa shape index (κ2) is 10.2. The zero-order valence-electron chi connectivity index (χ0n) is 19.5. The van der Waals surface area contributed by atoms with Gasteiger partial charge < -0.3 is 14.6 Å².